The van der Waals surface area contributed by atoms with Crippen molar-refractivity contribution >= 4 is 37.5 Å². The van der Waals surface area contributed by atoms with Crippen molar-refractivity contribution in [3.8, 4) is 5.75 Å². The standard InChI is InChI=1S/C15H15Br2NO/c1-10-5-11(3-4-15(10)17)9-18-13-6-12(16)7-14(8-13)19-2/h3-8,18H,9H2,1-2H3. The van der Waals surface area contributed by atoms with Crippen molar-refractivity contribution in [1.29, 1.82) is 0 Å². The second kappa shape index (κ2) is 6.44. The molecule has 4 heteroatoms. The number of hydrogen-bond acceptors (Lipinski definition) is 2. The van der Waals surface area contributed by atoms with Gasteiger partial charge in [-0.2, -0.15) is 0 Å². The molecule has 19 heavy (non-hydrogen) atoms. The first-order valence-electron chi connectivity index (χ1n) is 5.92. The number of nitrogens with one attached hydrogen (secondary N) is 1. The van der Waals surface area contributed by atoms with Gasteiger partial charge in [-0.15, -0.1) is 0 Å². The Morgan fingerprint density at radius 3 is 2.58 bits per heavy atom. The minimum Gasteiger partial charge on any atom is -0.497 e. The van der Waals surface area contributed by atoms with Crippen molar-refractivity contribution in [2.75, 3.05) is 12.4 Å². The molecular formula is C15H15Br2NO. The van der Waals surface area contributed by atoms with Crippen molar-refractivity contribution < 1.29 is 4.74 Å². The zero-order valence-electron chi connectivity index (χ0n) is 10.8. The van der Waals surface area contributed by atoms with Crippen LogP contribution in [0.15, 0.2) is 45.3 Å². The van der Waals surface area contributed by atoms with Crippen molar-refractivity contribution in [1.82, 2.24) is 0 Å². The normalized spacial score (nSPS) is 10.3. The third-order valence-electron chi connectivity index (χ3n) is 2.83. The van der Waals surface area contributed by atoms with Crippen LogP contribution < -0.4 is 10.1 Å². The highest BCUT2D eigenvalue weighted by Gasteiger charge is 2.01. The molecule has 0 unspecified atom stereocenters. The number of aryl methyl sites for hydroxylation is 1. The maximum atomic E-state index is 5.25. The number of halogens is 2. The van der Waals surface area contributed by atoms with E-state index >= 15 is 0 Å². The van der Waals surface area contributed by atoms with Gasteiger partial charge in [0.15, 0.2) is 0 Å². The average Bonchev–Trinajstić information content (AvgIpc) is 2.39. The Kier molecular flexibility index (Phi) is 4.88. The van der Waals surface area contributed by atoms with Crippen LogP contribution in [-0.2, 0) is 6.54 Å². The Balaban J connectivity index is 2.09. The lowest BCUT2D eigenvalue weighted by molar-refractivity contribution is 0.414. The Labute approximate surface area is 130 Å². The highest BCUT2D eigenvalue weighted by atomic mass is 79.9. The fourth-order valence-corrected chi connectivity index (χ4v) is 2.52. The third kappa shape index (κ3) is 3.98. The topological polar surface area (TPSA) is 21.3 Å². The Morgan fingerprint density at radius 2 is 1.89 bits per heavy atom. The van der Waals surface area contributed by atoms with E-state index in [1.165, 1.54) is 11.1 Å². The van der Waals surface area contributed by atoms with E-state index in [1.54, 1.807) is 7.11 Å². The highest BCUT2D eigenvalue weighted by Crippen LogP contribution is 2.25. The predicted octanol–water partition coefficient (Wildman–Crippen LogP) is 5.14. The van der Waals surface area contributed by atoms with Crippen LogP contribution >= 0.6 is 31.9 Å². The van der Waals surface area contributed by atoms with Gasteiger partial charge in [0, 0.05) is 27.2 Å². The Bertz CT molecular complexity index is 584. The van der Waals surface area contributed by atoms with Gasteiger partial charge in [-0.05, 0) is 36.2 Å². The first-order chi connectivity index (χ1) is 9.08. The number of rotatable bonds is 4. The smallest absolute Gasteiger partial charge is 0.122 e. The number of hydrogen-bond donors (Lipinski definition) is 1. The molecule has 0 saturated heterocycles. The molecule has 2 rings (SSSR count). The van der Waals surface area contributed by atoms with Gasteiger partial charge in [0.25, 0.3) is 0 Å². The quantitative estimate of drug-likeness (QED) is 0.787. The van der Waals surface area contributed by atoms with E-state index in [0.717, 1.165) is 26.9 Å². The molecule has 0 fully saturated rings. The largest absolute Gasteiger partial charge is 0.497 e. The fraction of sp³-hybridized carbons (Fsp3) is 0.200. The zero-order valence-corrected chi connectivity index (χ0v) is 14.0. The molecule has 0 amide bonds. The van der Waals surface area contributed by atoms with Gasteiger partial charge in [0.2, 0.25) is 0 Å². The predicted molar refractivity (Wildman–Crippen MR) is 86.9 cm³/mol. The summed E-state index contributed by atoms with van der Waals surface area (Å²) in [5, 5.41) is 3.40. The van der Waals surface area contributed by atoms with Gasteiger partial charge in [-0.3, -0.25) is 0 Å². The van der Waals surface area contributed by atoms with Crippen molar-refractivity contribution in [2.24, 2.45) is 0 Å². The minimum absolute atomic E-state index is 0.785. The molecule has 2 nitrogen and oxygen atoms in total. The van der Waals surface area contributed by atoms with Crippen LogP contribution in [0.1, 0.15) is 11.1 Å². The summed E-state index contributed by atoms with van der Waals surface area (Å²) in [7, 11) is 1.67. The molecule has 0 aromatic heterocycles. The van der Waals surface area contributed by atoms with Crippen LogP contribution in [0, 0.1) is 6.92 Å². The molecule has 0 radical (unpaired) electrons. The lowest BCUT2D eigenvalue weighted by atomic mass is 10.1. The first kappa shape index (κ1) is 14.4. The van der Waals surface area contributed by atoms with Gasteiger partial charge in [0.05, 0.1) is 7.11 Å². The summed E-state index contributed by atoms with van der Waals surface area (Å²) in [5.41, 5.74) is 3.53. The molecule has 2 aromatic rings. The summed E-state index contributed by atoms with van der Waals surface area (Å²) in [5.74, 6) is 0.837. The highest BCUT2D eigenvalue weighted by molar-refractivity contribution is 9.10. The second-order valence-electron chi connectivity index (χ2n) is 4.32. The first-order valence-corrected chi connectivity index (χ1v) is 7.50. The number of methoxy groups -OCH3 is 1. The van der Waals surface area contributed by atoms with Crippen molar-refractivity contribution in [3.63, 3.8) is 0 Å². The lowest BCUT2D eigenvalue weighted by Gasteiger charge is -2.10. The molecule has 100 valence electrons. The maximum absolute atomic E-state index is 5.25. The molecule has 0 spiro atoms. The molecule has 0 saturated carbocycles. The molecule has 0 aliphatic rings. The van der Waals surface area contributed by atoms with E-state index in [9.17, 15) is 0 Å². The maximum Gasteiger partial charge on any atom is 0.122 e. The van der Waals surface area contributed by atoms with Crippen LogP contribution in [0.4, 0.5) is 5.69 Å². The van der Waals surface area contributed by atoms with Crippen LogP contribution in [0.2, 0.25) is 0 Å². The Morgan fingerprint density at radius 1 is 1.11 bits per heavy atom. The fourth-order valence-electron chi connectivity index (χ4n) is 1.80. The van der Waals surface area contributed by atoms with Crippen LogP contribution in [-0.4, -0.2) is 7.11 Å². The molecule has 1 N–H and O–H groups in total. The second-order valence-corrected chi connectivity index (χ2v) is 6.09. The van der Waals surface area contributed by atoms with Gasteiger partial charge >= 0.3 is 0 Å². The SMILES string of the molecule is COc1cc(Br)cc(NCc2ccc(Br)c(C)c2)c1. The zero-order chi connectivity index (χ0) is 13.8. The summed E-state index contributed by atoms with van der Waals surface area (Å²) in [6.45, 7) is 2.88. The van der Waals surface area contributed by atoms with E-state index in [-0.39, 0.29) is 0 Å². The van der Waals surface area contributed by atoms with E-state index in [0.29, 0.717) is 0 Å². The van der Waals surface area contributed by atoms with E-state index < -0.39 is 0 Å². The number of benzene rings is 2. The monoisotopic (exact) mass is 383 g/mol. The summed E-state index contributed by atoms with van der Waals surface area (Å²) in [6, 6.07) is 12.3. The summed E-state index contributed by atoms with van der Waals surface area (Å²) < 4.78 is 7.39. The minimum atomic E-state index is 0.785. The Hall–Kier alpha value is -1.00. The molecule has 0 atom stereocenters. The van der Waals surface area contributed by atoms with Gasteiger partial charge in [-0.1, -0.05) is 44.0 Å². The van der Waals surface area contributed by atoms with Gasteiger partial charge in [0.1, 0.15) is 5.75 Å². The van der Waals surface area contributed by atoms with E-state index in [1.807, 2.05) is 18.2 Å². The number of ether oxygens (including phenoxy) is 1. The van der Waals surface area contributed by atoms with E-state index in [2.05, 4.69) is 62.3 Å². The van der Waals surface area contributed by atoms with Crippen molar-refractivity contribution in [2.45, 2.75) is 13.5 Å². The van der Waals surface area contributed by atoms with Crippen LogP contribution in [0.25, 0.3) is 0 Å². The summed E-state index contributed by atoms with van der Waals surface area (Å²) in [4.78, 5) is 0. The van der Waals surface area contributed by atoms with Crippen molar-refractivity contribution in [3.05, 3.63) is 56.5 Å². The number of anilines is 1. The molecule has 0 bridgehead atoms. The van der Waals surface area contributed by atoms with Crippen LogP contribution in [0.3, 0.4) is 0 Å². The van der Waals surface area contributed by atoms with Gasteiger partial charge < -0.3 is 10.1 Å². The average molecular weight is 385 g/mol. The van der Waals surface area contributed by atoms with Crippen LogP contribution in [0.5, 0.6) is 5.75 Å². The summed E-state index contributed by atoms with van der Waals surface area (Å²) >= 11 is 6.99. The lowest BCUT2D eigenvalue weighted by Crippen LogP contribution is -2.00. The van der Waals surface area contributed by atoms with Gasteiger partial charge in [-0.25, -0.2) is 0 Å². The molecule has 0 heterocycles. The summed E-state index contributed by atoms with van der Waals surface area (Å²) in [6.07, 6.45) is 0. The molecule has 0 aliphatic carbocycles. The molecule has 0 aliphatic heterocycles. The molecular weight excluding hydrogens is 370 g/mol. The third-order valence-corrected chi connectivity index (χ3v) is 4.17. The molecule has 2 aromatic carbocycles. The van der Waals surface area contributed by atoms with E-state index in [4.69, 9.17) is 4.74 Å².